The number of aliphatic hydroxyl groups is 2. The molecule has 0 amide bonds. The topological polar surface area (TPSA) is 66.8 Å². The summed E-state index contributed by atoms with van der Waals surface area (Å²) in [4.78, 5) is 10.4. The van der Waals surface area contributed by atoms with Crippen LogP contribution in [0.2, 0.25) is 0 Å². The van der Waals surface area contributed by atoms with E-state index in [0.717, 1.165) is 0 Å². The summed E-state index contributed by atoms with van der Waals surface area (Å²) in [5.41, 5.74) is 0. The molecule has 0 saturated heterocycles. The molecular formula is C6H12O4. The Kier molecular flexibility index (Phi) is 4.88. The number of methoxy groups -OCH3 is 1. The Labute approximate surface area is 59.4 Å². The van der Waals surface area contributed by atoms with Crippen molar-refractivity contribution in [3.8, 4) is 0 Å². The van der Waals surface area contributed by atoms with Crippen LogP contribution in [0, 0.1) is 0 Å². The minimum atomic E-state index is -0.780. The lowest BCUT2D eigenvalue weighted by Crippen LogP contribution is -2.15. The highest BCUT2D eigenvalue weighted by molar-refractivity contribution is 5.69. The third kappa shape index (κ3) is 4.29. The van der Waals surface area contributed by atoms with E-state index in [1.54, 1.807) is 0 Å². The zero-order valence-electron chi connectivity index (χ0n) is 5.91. The molecule has 0 fully saturated rings. The van der Waals surface area contributed by atoms with Gasteiger partial charge in [-0.3, -0.25) is 4.79 Å². The summed E-state index contributed by atoms with van der Waals surface area (Å²) in [7, 11) is 1.26. The van der Waals surface area contributed by atoms with E-state index in [2.05, 4.69) is 4.74 Å². The van der Waals surface area contributed by atoms with E-state index in [9.17, 15) is 4.79 Å². The molecule has 0 unspecified atom stereocenters. The number of hydrogen-bond acceptors (Lipinski definition) is 4. The maximum absolute atomic E-state index is 10.4. The van der Waals surface area contributed by atoms with E-state index in [0.29, 0.717) is 0 Å². The van der Waals surface area contributed by atoms with Gasteiger partial charge in [0.2, 0.25) is 0 Å². The molecule has 0 rings (SSSR count). The molecule has 0 spiro atoms. The number of ether oxygens (including phenoxy) is 1. The highest BCUT2D eigenvalue weighted by atomic mass is 16.5. The summed E-state index contributed by atoms with van der Waals surface area (Å²) < 4.78 is 4.29. The lowest BCUT2D eigenvalue weighted by molar-refractivity contribution is -0.142. The molecule has 10 heavy (non-hydrogen) atoms. The van der Waals surface area contributed by atoms with Crippen molar-refractivity contribution >= 4 is 5.97 Å². The van der Waals surface area contributed by atoms with Gasteiger partial charge < -0.3 is 14.9 Å². The first kappa shape index (κ1) is 9.39. The molecule has 0 bridgehead atoms. The van der Waals surface area contributed by atoms with Gasteiger partial charge >= 0.3 is 5.97 Å². The highest BCUT2D eigenvalue weighted by Crippen LogP contribution is 1.97. The van der Waals surface area contributed by atoms with Gasteiger partial charge in [0.15, 0.2) is 0 Å². The Morgan fingerprint density at radius 3 is 2.70 bits per heavy atom. The zero-order valence-corrected chi connectivity index (χ0v) is 5.91. The smallest absolute Gasteiger partial charge is 0.308 e. The van der Waals surface area contributed by atoms with Crippen LogP contribution in [-0.2, 0) is 9.53 Å². The second-order valence-corrected chi connectivity index (χ2v) is 1.95. The van der Waals surface area contributed by atoms with Gasteiger partial charge in [-0.05, 0) is 6.42 Å². The minimum Gasteiger partial charge on any atom is -0.469 e. The second-order valence-electron chi connectivity index (χ2n) is 1.95. The Morgan fingerprint density at radius 1 is 1.70 bits per heavy atom. The van der Waals surface area contributed by atoms with Gasteiger partial charge in [0.25, 0.3) is 0 Å². The molecule has 0 aliphatic carbocycles. The largest absolute Gasteiger partial charge is 0.469 e. The molecular weight excluding hydrogens is 136 g/mol. The van der Waals surface area contributed by atoms with Crippen molar-refractivity contribution in [3.63, 3.8) is 0 Å². The first-order valence-electron chi connectivity index (χ1n) is 3.06. The average Bonchev–Trinajstić information content (AvgIpc) is 1.88. The molecule has 2 N–H and O–H groups in total. The van der Waals surface area contributed by atoms with Crippen molar-refractivity contribution in [2.75, 3.05) is 13.7 Å². The lowest BCUT2D eigenvalue weighted by atomic mass is 10.2. The third-order valence-electron chi connectivity index (χ3n) is 1.09. The molecule has 4 heteroatoms. The van der Waals surface area contributed by atoms with Gasteiger partial charge in [-0.15, -0.1) is 0 Å². The summed E-state index contributed by atoms with van der Waals surface area (Å²) in [6.45, 7) is -0.113. The van der Waals surface area contributed by atoms with Gasteiger partial charge in [0.1, 0.15) is 0 Å². The lowest BCUT2D eigenvalue weighted by Gasteiger charge is -2.05. The quantitative estimate of drug-likeness (QED) is 0.517. The molecule has 0 aromatic rings. The van der Waals surface area contributed by atoms with Crippen LogP contribution in [0.3, 0.4) is 0 Å². The van der Waals surface area contributed by atoms with Crippen LogP contribution in [0.1, 0.15) is 12.8 Å². The summed E-state index contributed by atoms with van der Waals surface area (Å²) in [6.07, 6.45) is -0.607. The van der Waals surface area contributed by atoms with Gasteiger partial charge in [-0.2, -0.15) is 0 Å². The number of carbonyl (C=O) groups excluding carboxylic acids is 1. The van der Waals surface area contributed by atoms with E-state index in [4.69, 9.17) is 10.2 Å². The number of esters is 1. The van der Waals surface area contributed by atoms with Crippen molar-refractivity contribution < 1.29 is 19.7 Å². The molecule has 4 nitrogen and oxygen atoms in total. The Hall–Kier alpha value is -0.610. The van der Waals surface area contributed by atoms with E-state index in [-0.39, 0.29) is 19.4 Å². The van der Waals surface area contributed by atoms with Crippen LogP contribution in [0.5, 0.6) is 0 Å². The Bertz CT molecular complexity index is 102. The van der Waals surface area contributed by atoms with Crippen LogP contribution in [0.25, 0.3) is 0 Å². The molecule has 0 heterocycles. The fourth-order valence-corrected chi connectivity index (χ4v) is 0.527. The Balaban J connectivity index is 3.37. The SMILES string of the molecule is COC(=O)C[C@@H](O)CCO. The van der Waals surface area contributed by atoms with Crippen LogP contribution >= 0.6 is 0 Å². The fraction of sp³-hybridized carbons (Fsp3) is 0.833. The third-order valence-corrected chi connectivity index (χ3v) is 1.09. The first-order chi connectivity index (χ1) is 4.70. The molecule has 0 aliphatic rings. The molecule has 0 aliphatic heterocycles. The summed E-state index contributed by atoms with van der Waals surface area (Å²) >= 11 is 0. The highest BCUT2D eigenvalue weighted by Gasteiger charge is 2.09. The molecule has 0 radical (unpaired) electrons. The van der Waals surface area contributed by atoms with Crippen molar-refractivity contribution in [1.29, 1.82) is 0 Å². The summed E-state index contributed by atoms with van der Waals surface area (Å²) in [5.74, 6) is -0.457. The molecule has 0 aromatic heterocycles. The van der Waals surface area contributed by atoms with Crippen molar-refractivity contribution in [2.45, 2.75) is 18.9 Å². The number of rotatable bonds is 4. The number of aliphatic hydroxyl groups excluding tert-OH is 2. The van der Waals surface area contributed by atoms with Crippen LogP contribution < -0.4 is 0 Å². The predicted octanol–water partition coefficient (Wildman–Crippen LogP) is -0.707. The van der Waals surface area contributed by atoms with Crippen molar-refractivity contribution in [1.82, 2.24) is 0 Å². The van der Waals surface area contributed by atoms with Crippen LogP contribution in [0.4, 0.5) is 0 Å². The standard InChI is InChI=1S/C6H12O4/c1-10-6(9)4-5(8)2-3-7/h5,7-8H,2-4H2,1H3/t5-/m0/s1. The molecule has 60 valence electrons. The Morgan fingerprint density at radius 2 is 2.30 bits per heavy atom. The van der Waals surface area contributed by atoms with Crippen LogP contribution in [0.15, 0.2) is 0 Å². The number of carbonyl (C=O) groups is 1. The van der Waals surface area contributed by atoms with E-state index >= 15 is 0 Å². The maximum Gasteiger partial charge on any atom is 0.308 e. The first-order valence-corrected chi connectivity index (χ1v) is 3.06. The number of hydrogen-bond donors (Lipinski definition) is 2. The van der Waals surface area contributed by atoms with E-state index < -0.39 is 12.1 Å². The maximum atomic E-state index is 10.4. The second kappa shape index (κ2) is 5.20. The van der Waals surface area contributed by atoms with Crippen molar-refractivity contribution in [3.05, 3.63) is 0 Å². The average molecular weight is 148 g/mol. The van der Waals surface area contributed by atoms with Gasteiger partial charge in [0, 0.05) is 6.61 Å². The minimum absolute atomic E-state index is 0.0446. The molecule has 0 saturated carbocycles. The van der Waals surface area contributed by atoms with Crippen molar-refractivity contribution in [2.24, 2.45) is 0 Å². The van der Waals surface area contributed by atoms with E-state index in [1.165, 1.54) is 7.11 Å². The summed E-state index contributed by atoms with van der Waals surface area (Å²) in [5, 5.41) is 17.2. The van der Waals surface area contributed by atoms with E-state index in [1.807, 2.05) is 0 Å². The normalized spacial score (nSPS) is 12.7. The summed E-state index contributed by atoms with van der Waals surface area (Å²) in [6, 6.07) is 0. The fourth-order valence-electron chi connectivity index (χ4n) is 0.527. The molecule has 0 aromatic carbocycles. The molecule has 1 atom stereocenters. The predicted molar refractivity (Wildman–Crippen MR) is 34.3 cm³/mol. The monoisotopic (exact) mass is 148 g/mol. The van der Waals surface area contributed by atoms with Gasteiger partial charge in [-0.1, -0.05) is 0 Å². The van der Waals surface area contributed by atoms with Gasteiger partial charge in [-0.25, -0.2) is 0 Å². The van der Waals surface area contributed by atoms with Crippen LogP contribution in [-0.4, -0.2) is 36.0 Å². The van der Waals surface area contributed by atoms with Gasteiger partial charge in [0.05, 0.1) is 19.6 Å². The zero-order chi connectivity index (χ0) is 7.98.